The van der Waals surface area contributed by atoms with Gasteiger partial charge in [0, 0.05) is 17.0 Å². The van der Waals surface area contributed by atoms with Gasteiger partial charge in [-0.1, -0.05) is 11.6 Å². The fraction of sp³-hybridized carbons (Fsp3) is 0.357. The Bertz CT molecular complexity index is 588. The van der Waals surface area contributed by atoms with E-state index in [1.807, 2.05) is 0 Å². The van der Waals surface area contributed by atoms with Gasteiger partial charge in [0.25, 0.3) is 0 Å². The number of ether oxygens (including phenoxy) is 1. The SMILES string of the molecule is COc1ccc(Cl)cc1CC(=O)NC1CCC(=O)NC1=O. The Labute approximate surface area is 126 Å². The summed E-state index contributed by atoms with van der Waals surface area (Å²) in [6.45, 7) is 0. The number of imide groups is 1. The van der Waals surface area contributed by atoms with E-state index in [0.29, 0.717) is 22.8 Å². The van der Waals surface area contributed by atoms with Crippen LogP contribution in [0.1, 0.15) is 18.4 Å². The summed E-state index contributed by atoms with van der Waals surface area (Å²) in [4.78, 5) is 34.6. The largest absolute Gasteiger partial charge is 0.496 e. The maximum Gasteiger partial charge on any atom is 0.249 e. The maximum atomic E-state index is 12.0. The smallest absolute Gasteiger partial charge is 0.249 e. The van der Waals surface area contributed by atoms with Crippen LogP contribution in [0.25, 0.3) is 0 Å². The van der Waals surface area contributed by atoms with Crippen molar-refractivity contribution in [1.29, 1.82) is 0 Å². The van der Waals surface area contributed by atoms with E-state index in [0.717, 1.165) is 0 Å². The molecule has 7 heteroatoms. The number of hydrogen-bond donors (Lipinski definition) is 2. The number of piperidine rings is 1. The second kappa shape index (κ2) is 6.58. The predicted molar refractivity (Wildman–Crippen MR) is 76.0 cm³/mol. The molecule has 21 heavy (non-hydrogen) atoms. The third-order valence-electron chi connectivity index (χ3n) is 3.17. The summed E-state index contributed by atoms with van der Waals surface area (Å²) < 4.78 is 5.16. The average molecular weight is 311 g/mol. The predicted octanol–water partition coefficient (Wildman–Crippen LogP) is 0.812. The lowest BCUT2D eigenvalue weighted by molar-refractivity contribution is -0.137. The first kappa shape index (κ1) is 15.3. The van der Waals surface area contributed by atoms with Gasteiger partial charge in [-0.15, -0.1) is 0 Å². The van der Waals surface area contributed by atoms with E-state index in [1.165, 1.54) is 7.11 Å². The molecule has 6 nitrogen and oxygen atoms in total. The molecule has 1 heterocycles. The van der Waals surface area contributed by atoms with Gasteiger partial charge in [0.05, 0.1) is 13.5 Å². The molecular formula is C14H15ClN2O4. The zero-order valence-electron chi connectivity index (χ0n) is 11.4. The molecule has 0 radical (unpaired) electrons. The number of hydrogen-bond acceptors (Lipinski definition) is 4. The Balaban J connectivity index is 2.00. The molecule has 0 aliphatic carbocycles. The molecule has 1 aromatic rings. The summed E-state index contributed by atoms with van der Waals surface area (Å²) in [6.07, 6.45) is 0.571. The summed E-state index contributed by atoms with van der Waals surface area (Å²) in [5.41, 5.74) is 0.634. The van der Waals surface area contributed by atoms with Crippen molar-refractivity contribution in [2.24, 2.45) is 0 Å². The van der Waals surface area contributed by atoms with Crippen molar-refractivity contribution in [3.8, 4) is 5.75 Å². The lowest BCUT2D eigenvalue weighted by atomic mass is 10.1. The van der Waals surface area contributed by atoms with Crippen LogP contribution in [0.15, 0.2) is 18.2 Å². The lowest BCUT2D eigenvalue weighted by Gasteiger charge is -2.22. The van der Waals surface area contributed by atoms with Crippen LogP contribution in [0.5, 0.6) is 5.75 Å². The summed E-state index contributed by atoms with van der Waals surface area (Å²) >= 11 is 5.90. The quantitative estimate of drug-likeness (QED) is 0.806. The topological polar surface area (TPSA) is 84.5 Å². The molecule has 112 valence electrons. The molecule has 1 aliphatic rings. The molecule has 1 aliphatic heterocycles. The Kier molecular flexibility index (Phi) is 4.80. The van der Waals surface area contributed by atoms with Crippen molar-refractivity contribution < 1.29 is 19.1 Å². The van der Waals surface area contributed by atoms with E-state index in [9.17, 15) is 14.4 Å². The van der Waals surface area contributed by atoms with E-state index in [-0.39, 0.29) is 24.7 Å². The van der Waals surface area contributed by atoms with Gasteiger partial charge in [-0.25, -0.2) is 0 Å². The van der Waals surface area contributed by atoms with Crippen molar-refractivity contribution in [2.75, 3.05) is 7.11 Å². The fourth-order valence-electron chi connectivity index (χ4n) is 2.13. The minimum absolute atomic E-state index is 0.0431. The summed E-state index contributed by atoms with van der Waals surface area (Å²) in [5, 5.41) is 5.30. The molecule has 1 fully saturated rings. The van der Waals surface area contributed by atoms with Crippen LogP contribution in [0.4, 0.5) is 0 Å². The van der Waals surface area contributed by atoms with Gasteiger partial charge in [0.15, 0.2) is 0 Å². The van der Waals surface area contributed by atoms with Crippen molar-refractivity contribution in [1.82, 2.24) is 10.6 Å². The number of amides is 3. The second-order valence-corrected chi connectivity index (χ2v) is 5.14. The molecule has 2 N–H and O–H groups in total. The van der Waals surface area contributed by atoms with Gasteiger partial charge in [-0.05, 0) is 24.6 Å². The van der Waals surface area contributed by atoms with E-state index in [4.69, 9.17) is 16.3 Å². The van der Waals surface area contributed by atoms with Crippen LogP contribution in [-0.4, -0.2) is 30.9 Å². The number of nitrogens with one attached hydrogen (secondary N) is 2. The van der Waals surface area contributed by atoms with E-state index >= 15 is 0 Å². The zero-order valence-corrected chi connectivity index (χ0v) is 12.2. The molecule has 0 spiro atoms. The normalized spacial score (nSPS) is 18.1. The highest BCUT2D eigenvalue weighted by Crippen LogP contribution is 2.23. The molecule has 3 amide bonds. The van der Waals surface area contributed by atoms with Gasteiger partial charge in [-0.2, -0.15) is 0 Å². The molecular weight excluding hydrogens is 296 g/mol. The lowest BCUT2D eigenvalue weighted by Crippen LogP contribution is -2.52. The first-order valence-electron chi connectivity index (χ1n) is 6.45. The summed E-state index contributed by atoms with van der Waals surface area (Å²) in [7, 11) is 1.50. The number of benzene rings is 1. The molecule has 0 aromatic heterocycles. The Hall–Kier alpha value is -2.08. The number of methoxy groups -OCH3 is 1. The van der Waals surface area contributed by atoms with E-state index in [2.05, 4.69) is 10.6 Å². The average Bonchev–Trinajstić information content (AvgIpc) is 2.42. The maximum absolute atomic E-state index is 12.0. The summed E-state index contributed by atoms with van der Waals surface area (Å²) in [6, 6.07) is 4.31. The molecule has 0 saturated carbocycles. The molecule has 1 atom stereocenters. The third kappa shape index (κ3) is 3.95. The van der Waals surface area contributed by atoms with Crippen LogP contribution in [0, 0.1) is 0 Å². The molecule has 1 unspecified atom stereocenters. The monoisotopic (exact) mass is 310 g/mol. The van der Waals surface area contributed by atoms with Gasteiger partial charge < -0.3 is 10.1 Å². The Morgan fingerprint density at radius 2 is 2.24 bits per heavy atom. The molecule has 1 aromatic carbocycles. The number of rotatable bonds is 4. The van der Waals surface area contributed by atoms with Crippen LogP contribution in [-0.2, 0) is 20.8 Å². The van der Waals surface area contributed by atoms with Crippen LogP contribution >= 0.6 is 11.6 Å². The standard InChI is InChI=1S/C14H15ClN2O4/c1-21-11-4-2-9(15)6-8(11)7-13(19)16-10-3-5-12(18)17-14(10)20/h2,4,6,10H,3,5,7H2,1H3,(H,16,19)(H,17,18,20). The van der Waals surface area contributed by atoms with Gasteiger partial charge in [0.2, 0.25) is 17.7 Å². The van der Waals surface area contributed by atoms with Crippen molar-refractivity contribution in [3.05, 3.63) is 28.8 Å². The van der Waals surface area contributed by atoms with Crippen molar-refractivity contribution in [2.45, 2.75) is 25.3 Å². The number of carbonyl (C=O) groups excluding carboxylic acids is 3. The number of carbonyl (C=O) groups is 3. The van der Waals surface area contributed by atoms with E-state index in [1.54, 1.807) is 18.2 Å². The van der Waals surface area contributed by atoms with Crippen LogP contribution in [0.2, 0.25) is 5.02 Å². The van der Waals surface area contributed by atoms with Gasteiger partial charge >= 0.3 is 0 Å². The highest BCUT2D eigenvalue weighted by atomic mass is 35.5. The summed E-state index contributed by atoms with van der Waals surface area (Å²) in [5.74, 6) is -0.567. The van der Waals surface area contributed by atoms with Crippen molar-refractivity contribution >= 4 is 29.3 Å². The second-order valence-electron chi connectivity index (χ2n) is 4.70. The highest BCUT2D eigenvalue weighted by Gasteiger charge is 2.27. The zero-order chi connectivity index (χ0) is 15.4. The van der Waals surface area contributed by atoms with Gasteiger partial charge in [-0.3, -0.25) is 19.7 Å². The van der Waals surface area contributed by atoms with Crippen LogP contribution in [0.3, 0.4) is 0 Å². The van der Waals surface area contributed by atoms with E-state index < -0.39 is 11.9 Å². The van der Waals surface area contributed by atoms with Gasteiger partial charge in [0.1, 0.15) is 11.8 Å². The highest BCUT2D eigenvalue weighted by molar-refractivity contribution is 6.30. The molecule has 0 bridgehead atoms. The van der Waals surface area contributed by atoms with Crippen LogP contribution < -0.4 is 15.4 Å². The Morgan fingerprint density at radius 1 is 1.48 bits per heavy atom. The number of halogens is 1. The third-order valence-corrected chi connectivity index (χ3v) is 3.40. The first-order chi connectivity index (χ1) is 9.99. The minimum Gasteiger partial charge on any atom is -0.496 e. The minimum atomic E-state index is -0.680. The first-order valence-corrected chi connectivity index (χ1v) is 6.83. The Morgan fingerprint density at radius 3 is 2.90 bits per heavy atom. The van der Waals surface area contributed by atoms with Crippen molar-refractivity contribution in [3.63, 3.8) is 0 Å². The molecule has 1 saturated heterocycles. The fourth-order valence-corrected chi connectivity index (χ4v) is 2.33. The molecule has 2 rings (SSSR count).